The van der Waals surface area contributed by atoms with Crippen LogP contribution < -0.4 is 22.9 Å². The standard InChI is InChI=1S/C29H30Br2.C28H30N2.C23H16Br2.C23H20N2.2C5H10/c1-17(2)24-15-26-28-23(19-7-11-21(31)12-8-19)14-13-22(18-5-9-20(30)10-6-18)27(28)25(24)16-29(26,3)4;1-16(2)24-15-25-17(3)14-26(24)28-23(19-6-10-21(30)11-7-19)13-12-22(27(25)28)18-4-8-20(29)9-5-18;2*1-15-2-11-22-20(16-3-7-18(24)8-4-16)12-13-21(23(22)14-15)17-5-9-19(25)10-6-17;2*1-4-5(2)3/h5-14,17,24-26H,15-16H2,1-4H3;4-14,16,24-26H,15,29-30H2,1-3H3;2-14H,1H3;2-14H,24-25H2,1H3;2*4-5H,1H2,2-3H3. The molecule has 8 N–H and O–H groups in total. The Bertz CT molecular complexity index is 5810. The molecule has 6 unspecified atom stereocenters. The van der Waals surface area contributed by atoms with Gasteiger partial charge in [-0.1, -0.05) is 350 Å². The van der Waals surface area contributed by atoms with Gasteiger partial charge in [0.15, 0.2) is 0 Å². The molecule has 0 amide bonds. The molecule has 6 aliphatic carbocycles. The highest BCUT2D eigenvalue weighted by Crippen LogP contribution is 2.66. The van der Waals surface area contributed by atoms with Gasteiger partial charge in [0.25, 0.3) is 0 Å². The van der Waals surface area contributed by atoms with Crippen molar-refractivity contribution in [2.24, 2.45) is 40.9 Å². The predicted octanol–water partition coefficient (Wildman–Crippen LogP) is 34.1. The highest BCUT2D eigenvalue weighted by Gasteiger charge is 2.52. The zero-order valence-corrected chi connectivity index (χ0v) is 78.8. The zero-order valence-electron chi connectivity index (χ0n) is 72.4. The molecule has 0 aromatic heterocycles. The van der Waals surface area contributed by atoms with Crippen molar-refractivity contribution in [2.75, 3.05) is 22.9 Å². The van der Waals surface area contributed by atoms with Crippen molar-refractivity contribution in [1.29, 1.82) is 0 Å². The molecule has 4 bridgehead atoms. The Morgan fingerprint density at radius 3 is 0.909 bits per heavy atom. The number of nitrogen functional groups attached to an aromatic ring is 4. The molecule has 4 nitrogen and oxygen atoms in total. The van der Waals surface area contributed by atoms with Gasteiger partial charge in [0.1, 0.15) is 0 Å². The molecule has 14 aromatic carbocycles. The Labute approximate surface area is 754 Å². The van der Waals surface area contributed by atoms with E-state index in [1.807, 2.05) is 60.7 Å². The summed E-state index contributed by atoms with van der Waals surface area (Å²) in [6.45, 7) is 36.7. The summed E-state index contributed by atoms with van der Waals surface area (Å²) in [7, 11) is 0. The van der Waals surface area contributed by atoms with E-state index in [2.05, 4.69) is 403 Å². The molecule has 20 rings (SSSR count). The number of rotatable bonds is 12. The molecule has 1 fully saturated rings. The van der Waals surface area contributed by atoms with Crippen molar-refractivity contribution in [3.05, 3.63) is 367 Å². The van der Waals surface area contributed by atoms with Gasteiger partial charge < -0.3 is 22.9 Å². The number of aryl methyl sites for hydroxylation is 2. The van der Waals surface area contributed by atoms with E-state index in [1.54, 1.807) is 11.1 Å². The van der Waals surface area contributed by atoms with Crippen LogP contribution in [0.3, 0.4) is 0 Å². The van der Waals surface area contributed by atoms with Gasteiger partial charge in [0.2, 0.25) is 0 Å². The lowest BCUT2D eigenvalue weighted by atomic mass is 9.49. The minimum Gasteiger partial charge on any atom is -0.399 e. The summed E-state index contributed by atoms with van der Waals surface area (Å²) in [6.07, 6.45) is 10.2. The molecule has 0 spiro atoms. The van der Waals surface area contributed by atoms with Crippen molar-refractivity contribution in [3.8, 4) is 89.0 Å². The molecule has 6 aliphatic rings. The third-order valence-corrected chi connectivity index (χ3v) is 27.3. The highest BCUT2D eigenvalue weighted by atomic mass is 79.9. The van der Waals surface area contributed by atoms with Crippen LogP contribution in [0.1, 0.15) is 152 Å². The number of benzene rings is 14. The van der Waals surface area contributed by atoms with E-state index in [4.69, 9.17) is 22.9 Å². The lowest BCUT2D eigenvalue weighted by Gasteiger charge is -2.55. The molecule has 0 radical (unpaired) electrons. The van der Waals surface area contributed by atoms with Gasteiger partial charge in [-0.2, -0.15) is 0 Å². The molecule has 121 heavy (non-hydrogen) atoms. The van der Waals surface area contributed by atoms with E-state index in [1.165, 1.54) is 158 Å². The summed E-state index contributed by atoms with van der Waals surface area (Å²) in [5.74, 6) is 6.30. The van der Waals surface area contributed by atoms with Gasteiger partial charge in [-0.05, 0) is 323 Å². The average Bonchev–Trinajstić information content (AvgIpc) is 0.706. The topological polar surface area (TPSA) is 104 Å². The molecular formula is C113H116Br4N4. The van der Waals surface area contributed by atoms with Crippen LogP contribution in [0.25, 0.3) is 111 Å². The van der Waals surface area contributed by atoms with E-state index in [0.29, 0.717) is 58.7 Å². The quantitative estimate of drug-likeness (QED) is 0.0723. The van der Waals surface area contributed by atoms with Crippen LogP contribution in [-0.2, 0) is 0 Å². The highest BCUT2D eigenvalue weighted by molar-refractivity contribution is 9.11. The van der Waals surface area contributed by atoms with Crippen molar-refractivity contribution in [2.45, 2.75) is 133 Å². The van der Waals surface area contributed by atoms with E-state index >= 15 is 0 Å². The Morgan fingerprint density at radius 2 is 0.595 bits per heavy atom. The van der Waals surface area contributed by atoms with Gasteiger partial charge in [-0.3, -0.25) is 0 Å². The first kappa shape index (κ1) is 88.7. The zero-order chi connectivity index (χ0) is 86.3. The lowest BCUT2D eigenvalue weighted by molar-refractivity contribution is 0.0819. The number of halogens is 4. The van der Waals surface area contributed by atoms with E-state index in [-0.39, 0.29) is 0 Å². The number of nitrogens with two attached hydrogens (primary N) is 4. The maximum Gasteiger partial charge on any atom is 0.0314 e. The van der Waals surface area contributed by atoms with Gasteiger partial charge in [0.05, 0.1) is 0 Å². The van der Waals surface area contributed by atoms with Crippen molar-refractivity contribution >= 4 is 108 Å². The molecular weight excluding hydrogens is 1730 g/mol. The predicted molar refractivity (Wildman–Crippen MR) is 541 cm³/mol. The summed E-state index contributed by atoms with van der Waals surface area (Å²) in [6, 6.07) is 99.2. The van der Waals surface area contributed by atoms with Gasteiger partial charge in [0, 0.05) is 52.5 Å². The fourth-order valence-electron chi connectivity index (χ4n) is 18.5. The monoisotopic (exact) mass is 1840 g/mol. The number of hydrogen-bond acceptors (Lipinski definition) is 4. The second-order valence-electron chi connectivity index (χ2n) is 35.5. The minimum absolute atomic E-state index is 0.339. The van der Waals surface area contributed by atoms with Crippen LogP contribution in [0.15, 0.2) is 334 Å². The van der Waals surface area contributed by atoms with E-state index < -0.39 is 0 Å². The van der Waals surface area contributed by atoms with Crippen LogP contribution in [-0.4, -0.2) is 0 Å². The van der Waals surface area contributed by atoms with Gasteiger partial charge in [-0.25, -0.2) is 0 Å². The first-order valence-electron chi connectivity index (χ1n) is 42.8. The second-order valence-corrected chi connectivity index (χ2v) is 39.2. The molecule has 1 saturated carbocycles. The summed E-state index contributed by atoms with van der Waals surface area (Å²) in [5, 5.41) is 5.07. The van der Waals surface area contributed by atoms with Crippen molar-refractivity contribution in [3.63, 3.8) is 0 Å². The smallest absolute Gasteiger partial charge is 0.0314 e. The number of allylic oxidation sites excluding steroid dienone is 4. The number of fused-ring (bicyclic) bond motifs is 5. The fourth-order valence-corrected chi connectivity index (χ4v) is 19.6. The maximum atomic E-state index is 5.98. The molecule has 0 heterocycles. The summed E-state index contributed by atoms with van der Waals surface area (Å²) >= 11 is 14.3. The Morgan fingerprint density at radius 1 is 0.322 bits per heavy atom. The van der Waals surface area contributed by atoms with Gasteiger partial charge >= 0.3 is 0 Å². The first-order valence-corrected chi connectivity index (χ1v) is 46.0. The third-order valence-electron chi connectivity index (χ3n) is 25.2. The van der Waals surface area contributed by atoms with E-state index in [0.717, 1.165) is 46.6 Å². The minimum atomic E-state index is 0.339. The fraction of sp³-hybridized carbons (Fsp3) is 0.239. The van der Waals surface area contributed by atoms with E-state index in [9.17, 15) is 0 Å². The molecule has 14 aromatic rings. The molecule has 8 heteroatoms. The number of anilines is 4. The van der Waals surface area contributed by atoms with Crippen LogP contribution >= 0.6 is 63.7 Å². The van der Waals surface area contributed by atoms with Crippen molar-refractivity contribution < 1.29 is 0 Å². The Kier molecular flexibility index (Phi) is 28.6. The Balaban J connectivity index is 0.000000134. The third kappa shape index (κ3) is 20.3. The molecule has 616 valence electrons. The summed E-state index contributed by atoms with van der Waals surface area (Å²) in [5.41, 5.74) is 58.1. The largest absolute Gasteiger partial charge is 0.399 e. The lowest BCUT2D eigenvalue weighted by Crippen LogP contribution is -2.43. The molecule has 0 aliphatic heterocycles. The second kappa shape index (κ2) is 39.0. The SMILES string of the molecule is C=CC(C)C.C=CC(C)C.CC(C)C1CC2c3c(-c4ccc(Br)cc4)ccc(-c4ccc(Br)cc4)c3C1CC2(C)C.CC1=CC2c3c(-c4ccc(N)cc4)ccc(-c4ccc(N)cc4)c3C1CC2C(C)C.Cc1ccc2c(-c3ccc(Br)cc3)ccc(-c3ccc(Br)cc3)c2c1.Cc1ccc2c(-c3ccc(N)cc3)ccc(-c3ccc(N)cc3)c2c1. The first-order chi connectivity index (χ1) is 58.0. The van der Waals surface area contributed by atoms with Crippen molar-refractivity contribution in [1.82, 2.24) is 0 Å². The number of hydrogen-bond donors (Lipinski definition) is 4. The van der Waals surface area contributed by atoms with Crippen LogP contribution in [0.5, 0.6) is 0 Å². The normalized spacial score (nSPS) is 16.8. The molecule has 6 atom stereocenters. The summed E-state index contributed by atoms with van der Waals surface area (Å²) < 4.78 is 4.48. The average molecular weight is 1850 g/mol. The van der Waals surface area contributed by atoms with Gasteiger partial charge in [-0.15, -0.1) is 13.2 Å². The summed E-state index contributed by atoms with van der Waals surface area (Å²) in [4.78, 5) is 0. The Hall–Kier alpha value is -10.1. The maximum absolute atomic E-state index is 5.98. The van der Waals surface area contributed by atoms with Crippen LogP contribution in [0, 0.1) is 54.8 Å². The van der Waals surface area contributed by atoms with Crippen LogP contribution in [0.4, 0.5) is 22.7 Å². The molecule has 0 saturated heterocycles. The van der Waals surface area contributed by atoms with Crippen LogP contribution in [0.2, 0.25) is 0 Å².